The minimum absolute atomic E-state index is 0.304. The van der Waals surface area contributed by atoms with Crippen LogP contribution in [0.3, 0.4) is 0 Å². The van der Waals surface area contributed by atoms with Crippen LogP contribution in [0.2, 0.25) is 5.02 Å². The van der Waals surface area contributed by atoms with Crippen molar-refractivity contribution in [3.63, 3.8) is 0 Å². The molecular formula is C13H9Br2ClFN. The van der Waals surface area contributed by atoms with Gasteiger partial charge in [0.15, 0.2) is 0 Å². The van der Waals surface area contributed by atoms with Gasteiger partial charge in [-0.05, 0) is 35.9 Å². The molecule has 94 valence electrons. The van der Waals surface area contributed by atoms with Gasteiger partial charge in [-0.15, -0.1) is 0 Å². The van der Waals surface area contributed by atoms with E-state index in [0.717, 1.165) is 14.5 Å². The topological polar surface area (TPSA) is 26.0 Å². The Balaban J connectivity index is 2.54. The zero-order chi connectivity index (χ0) is 13.3. The first-order valence-electron chi connectivity index (χ1n) is 5.15. The predicted molar refractivity (Wildman–Crippen MR) is 79.3 cm³/mol. The van der Waals surface area contributed by atoms with Gasteiger partial charge in [-0.1, -0.05) is 49.5 Å². The molecule has 0 aliphatic heterocycles. The maximum absolute atomic E-state index is 13.8. The van der Waals surface area contributed by atoms with E-state index in [1.54, 1.807) is 12.1 Å². The average molecular weight is 393 g/mol. The Morgan fingerprint density at radius 3 is 2.56 bits per heavy atom. The molecule has 5 heteroatoms. The molecule has 2 N–H and O–H groups in total. The van der Waals surface area contributed by atoms with Crippen LogP contribution in [0, 0.1) is 5.82 Å². The summed E-state index contributed by atoms with van der Waals surface area (Å²) in [7, 11) is 0. The first-order valence-corrected chi connectivity index (χ1v) is 7.11. The Labute approximate surface area is 126 Å². The summed E-state index contributed by atoms with van der Waals surface area (Å²) in [6, 6.07) is 9.50. The summed E-state index contributed by atoms with van der Waals surface area (Å²) in [5.41, 5.74) is 7.19. The largest absolute Gasteiger partial charge is 0.320 e. The van der Waals surface area contributed by atoms with Crippen molar-refractivity contribution in [1.82, 2.24) is 0 Å². The highest BCUT2D eigenvalue weighted by Crippen LogP contribution is 2.33. The molecule has 1 atom stereocenters. The molecule has 2 aromatic carbocycles. The Morgan fingerprint density at radius 1 is 1.17 bits per heavy atom. The standard InChI is InChI=1S/C13H9Br2ClFN/c14-7-4-5-9(15)8(6-7)13(18)12-10(16)2-1-3-11(12)17/h1-6,13H,18H2. The van der Waals surface area contributed by atoms with Gasteiger partial charge in [0, 0.05) is 19.5 Å². The molecule has 0 heterocycles. The highest BCUT2D eigenvalue weighted by Gasteiger charge is 2.19. The number of hydrogen-bond donors (Lipinski definition) is 1. The van der Waals surface area contributed by atoms with Crippen LogP contribution in [0.5, 0.6) is 0 Å². The highest BCUT2D eigenvalue weighted by molar-refractivity contribution is 9.11. The summed E-state index contributed by atoms with van der Waals surface area (Å²) >= 11 is 12.8. The van der Waals surface area contributed by atoms with Crippen molar-refractivity contribution >= 4 is 43.5 Å². The molecule has 1 nitrogen and oxygen atoms in total. The molecule has 0 aliphatic carbocycles. The number of rotatable bonds is 2. The van der Waals surface area contributed by atoms with Crippen LogP contribution < -0.4 is 5.73 Å². The molecular weight excluding hydrogens is 384 g/mol. The first kappa shape index (κ1) is 14.0. The second kappa shape index (κ2) is 5.70. The maximum atomic E-state index is 13.8. The monoisotopic (exact) mass is 391 g/mol. The van der Waals surface area contributed by atoms with Crippen LogP contribution in [0.15, 0.2) is 45.3 Å². The van der Waals surface area contributed by atoms with Gasteiger partial charge < -0.3 is 5.73 Å². The fourth-order valence-corrected chi connectivity index (χ4v) is 2.87. The fourth-order valence-electron chi connectivity index (χ4n) is 1.72. The molecule has 0 saturated heterocycles. The van der Waals surface area contributed by atoms with E-state index >= 15 is 0 Å². The third-order valence-corrected chi connectivity index (χ3v) is 4.15. The van der Waals surface area contributed by atoms with Gasteiger partial charge in [-0.3, -0.25) is 0 Å². The molecule has 0 saturated carbocycles. The van der Waals surface area contributed by atoms with Gasteiger partial charge in [-0.2, -0.15) is 0 Å². The van der Waals surface area contributed by atoms with Crippen LogP contribution in [0.1, 0.15) is 17.2 Å². The first-order chi connectivity index (χ1) is 8.50. The number of halogens is 4. The van der Waals surface area contributed by atoms with Crippen molar-refractivity contribution in [1.29, 1.82) is 0 Å². The highest BCUT2D eigenvalue weighted by atomic mass is 79.9. The molecule has 0 aliphatic rings. The molecule has 0 spiro atoms. The number of nitrogens with two attached hydrogens (primary N) is 1. The van der Waals surface area contributed by atoms with E-state index in [4.69, 9.17) is 17.3 Å². The Hall–Kier alpha value is -0.420. The van der Waals surface area contributed by atoms with Gasteiger partial charge in [0.05, 0.1) is 6.04 Å². The third-order valence-electron chi connectivity index (χ3n) is 2.60. The Kier molecular flexibility index (Phi) is 4.43. The lowest BCUT2D eigenvalue weighted by Crippen LogP contribution is -2.15. The molecule has 0 radical (unpaired) electrons. The van der Waals surface area contributed by atoms with Crippen LogP contribution in [0.4, 0.5) is 4.39 Å². The van der Waals surface area contributed by atoms with Gasteiger partial charge in [-0.25, -0.2) is 4.39 Å². The van der Waals surface area contributed by atoms with Crippen molar-refractivity contribution in [2.45, 2.75) is 6.04 Å². The van der Waals surface area contributed by atoms with Crippen LogP contribution in [-0.2, 0) is 0 Å². The van der Waals surface area contributed by atoms with Crippen molar-refractivity contribution in [2.24, 2.45) is 5.73 Å². The third kappa shape index (κ3) is 2.77. The van der Waals surface area contributed by atoms with E-state index in [9.17, 15) is 4.39 Å². The summed E-state index contributed by atoms with van der Waals surface area (Å²) in [4.78, 5) is 0. The molecule has 18 heavy (non-hydrogen) atoms. The number of hydrogen-bond acceptors (Lipinski definition) is 1. The van der Waals surface area contributed by atoms with Crippen LogP contribution in [-0.4, -0.2) is 0 Å². The van der Waals surface area contributed by atoms with E-state index in [1.807, 2.05) is 18.2 Å². The van der Waals surface area contributed by atoms with Gasteiger partial charge in [0.25, 0.3) is 0 Å². The summed E-state index contributed by atoms with van der Waals surface area (Å²) in [5, 5.41) is 0.328. The predicted octanol–water partition coefficient (Wildman–Crippen LogP) is 5.05. The van der Waals surface area contributed by atoms with Gasteiger partial charge in [0.2, 0.25) is 0 Å². The minimum atomic E-state index is -0.620. The Morgan fingerprint density at radius 2 is 1.89 bits per heavy atom. The quantitative estimate of drug-likeness (QED) is 0.759. The van der Waals surface area contributed by atoms with E-state index in [2.05, 4.69) is 31.9 Å². The van der Waals surface area contributed by atoms with Crippen molar-refractivity contribution in [3.8, 4) is 0 Å². The summed E-state index contributed by atoms with van der Waals surface area (Å²) in [6.45, 7) is 0. The average Bonchev–Trinajstić information content (AvgIpc) is 2.32. The van der Waals surface area contributed by atoms with Crippen molar-refractivity contribution < 1.29 is 4.39 Å². The lowest BCUT2D eigenvalue weighted by atomic mass is 9.99. The maximum Gasteiger partial charge on any atom is 0.129 e. The Bertz CT molecular complexity index is 569. The molecule has 0 aromatic heterocycles. The van der Waals surface area contributed by atoms with Gasteiger partial charge in [0.1, 0.15) is 5.82 Å². The summed E-state index contributed by atoms with van der Waals surface area (Å²) < 4.78 is 15.5. The normalized spacial score (nSPS) is 12.5. The summed E-state index contributed by atoms with van der Waals surface area (Å²) in [6.07, 6.45) is 0. The summed E-state index contributed by atoms with van der Waals surface area (Å²) in [5.74, 6) is -0.401. The minimum Gasteiger partial charge on any atom is -0.320 e. The number of benzene rings is 2. The second-order valence-electron chi connectivity index (χ2n) is 3.78. The fraction of sp³-hybridized carbons (Fsp3) is 0.0769. The lowest BCUT2D eigenvalue weighted by molar-refractivity contribution is 0.599. The molecule has 2 aromatic rings. The van der Waals surface area contributed by atoms with Crippen molar-refractivity contribution in [2.75, 3.05) is 0 Å². The van der Waals surface area contributed by atoms with Gasteiger partial charge >= 0.3 is 0 Å². The molecule has 1 unspecified atom stereocenters. The van der Waals surface area contributed by atoms with E-state index in [1.165, 1.54) is 6.07 Å². The van der Waals surface area contributed by atoms with E-state index < -0.39 is 11.9 Å². The van der Waals surface area contributed by atoms with E-state index in [0.29, 0.717) is 10.6 Å². The molecule has 2 rings (SSSR count). The molecule has 0 amide bonds. The lowest BCUT2D eigenvalue weighted by Gasteiger charge is -2.17. The smallest absolute Gasteiger partial charge is 0.129 e. The molecule has 0 bridgehead atoms. The van der Waals surface area contributed by atoms with Crippen LogP contribution >= 0.6 is 43.5 Å². The zero-order valence-electron chi connectivity index (χ0n) is 9.13. The second-order valence-corrected chi connectivity index (χ2v) is 5.96. The van der Waals surface area contributed by atoms with E-state index in [-0.39, 0.29) is 0 Å². The van der Waals surface area contributed by atoms with Crippen molar-refractivity contribution in [3.05, 3.63) is 67.3 Å². The molecule has 0 fully saturated rings. The zero-order valence-corrected chi connectivity index (χ0v) is 13.1. The SMILES string of the molecule is NC(c1cc(Br)ccc1Br)c1c(F)cccc1Cl. The van der Waals surface area contributed by atoms with Crippen LogP contribution in [0.25, 0.3) is 0 Å².